The first-order chi connectivity index (χ1) is 15.5. The molecule has 0 fully saturated rings. The average molecular weight is 470 g/mol. The second kappa shape index (κ2) is 9.97. The van der Waals surface area contributed by atoms with Crippen molar-refractivity contribution >= 4 is 11.7 Å². The molecule has 1 aromatic heterocycles. The molecule has 11 heteroatoms. The molecule has 2 aromatic carbocycles. The van der Waals surface area contributed by atoms with E-state index in [0.29, 0.717) is 18.5 Å². The van der Waals surface area contributed by atoms with E-state index in [0.717, 1.165) is 24.3 Å². The van der Waals surface area contributed by atoms with Crippen molar-refractivity contribution in [3.8, 4) is 0 Å². The van der Waals surface area contributed by atoms with Crippen LogP contribution in [0.3, 0.4) is 0 Å². The number of imidazole rings is 1. The van der Waals surface area contributed by atoms with Gasteiger partial charge < -0.3 is 14.8 Å². The number of para-hydroxylation sites is 1. The first-order valence-electron chi connectivity index (χ1n) is 9.88. The van der Waals surface area contributed by atoms with Crippen LogP contribution in [0.1, 0.15) is 23.1 Å². The lowest BCUT2D eigenvalue weighted by Gasteiger charge is -2.24. The maximum atomic E-state index is 13.3. The standard InChI is InChI=1S/C22H20F6N4O/c23-21(24,25)17-8-6-16(7-9-17)14-32(12-3-11-31-13-10-29-15-31)20(33)30-19-5-2-1-4-18(19)22(26,27)28/h1-2,4-10,13,15H,3,11-12,14H2,(H,30,33). The fourth-order valence-electron chi connectivity index (χ4n) is 3.17. The number of amides is 2. The van der Waals surface area contributed by atoms with Crippen LogP contribution in [0.4, 0.5) is 36.8 Å². The average Bonchev–Trinajstić information content (AvgIpc) is 3.26. The van der Waals surface area contributed by atoms with Crippen LogP contribution < -0.4 is 5.32 Å². The Morgan fingerprint density at radius 1 is 0.970 bits per heavy atom. The lowest BCUT2D eigenvalue weighted by molar-refractivity contribution is -0.138. The Kier molecular flexibility index (Phi) is 7.29. The van der Waals surface area contributed by atoms with Gasteiger partial charge in [0.25, 0.3) is 0 Å². The summed E-state index contributed by atoms with van der Waals surface area (Å²) >= 11 is 0. The molecule has 5 nitrogen and oxygen atoms in total. The van der Waals surface area contributed by atoms with E-state index in [9.17, 15) is 31.1 Å². The number of benzene rings is 2. The Hall–Kier alpha value is -3.50. The number of nitrogens with zero attached hydrogens (tertiary/aromatic N) is 3. The molecule has 1 heterocycles. The Bertz CT molecular complexity index is 1050. The minimum atomic E-state index is -4.66. The molecule has 33 heavy (non-hydrogen) atoms. The SMILES string of the molecule is O=C(Nc1ccccc1C(F)(F)F)N(CCCn1ccnc1)Cc1ccc(C(F)(F)F)cc1. The second-order valence-corrected chi connectivity index (χ2v) is 7.24. The molecule has 0 unspecified atom stereocenters. The van der Waals surface area contributed by atoms with Crippen molar-refractivity contribution in [1.82, 2.24) is 14.5 Å². The molecule has 0 radical (unpaired) electrons. The molecule has 3 rings (SSSR count). The highest BCUT2D eigenvalue weighted by Gasteiger charge is 2.34. The first-order valence-corrected chi connectivity index (χ1v) is 9.88. The summed E-state index contributed by atoms with van der Waals surface area (Å²) in [7, 11) is 0. The molecule has 176 valence electrons. The number of nitrogens with one attached hydrogen (secondary N) is 1. The van der Waals surface area contributed by atoms with Gasteiger partial charge in [-0.1, -0.05) is 24.3 Å². The Labute approximate surface area is 185 Å². The number of urea groups is 1. The fourth-order valence-corrected chi connectivity index (χ4v) is 3.17. The smallest absolute Gasteiger partial charge is 0.337 e. The minimum absolute atomic E-state index is 0.0813. The van der Waals surface area contributed by atoms with Crippen LogP contribution in [0.25, 0.3) is 0 Å². The van der Waals surface area contributed by atoms with Crippen molar-refractivity contribution in [2.45, 2.75) is 31.9 Å². The van der Waals surface area contributed by atoms with Crippen molar-refractivity contribution < 1.29 is 31.1 Å². The predicted molar refractivity (Wildman–Crippen MR) is 109 cm³/mol. The highest BCUT2D eigenvalue weighted by molar-refractivity contribution is 5.90. The van der Waals surface area contributed by atoms with Crippen molar-refractivity contribution in [1.29, 1.82) is 0 Å². The zero-order valence-corrected chi connectivity index (χ0v) is 17.2. The summed E-state index contributed by atoms with van der Waals surface area (Å²) in [6.45, 7) is 0.567. The highest BCUT2D eigenvalue weighted by Crippen LogP contribution is 2.34. The van der Waals surface area contributed by atoms with E-state index in [1.807, 2.05) is 0 Å². The maximum Gasteiger partial charge on any atom is 0.418 e. The maximum absolute atomic E-state index is 13.3. The molecule has 0 aliphatic rings. The second-order valence-electron chi connectivity index (χ2n) is 7.24. The summed E-state index contributed by atoms with van der Waals surface area (Å²) in [6.07, 6.45) is -3.82. The molecule has 0 atom stereocenters. The number of carbonyl (C=O) groups is 1. The van der Waals surface area contributed by atoms with Crippen LogP contribution in [0, 0.1) is 0 Å². The molecule has 0 spiro atoms. The van der Waals surface area contributed by atoms with Crippen LogP contribution >= 0.6 is 0 Å². The number of halogens is 6. The van der Waals surface area contributed by atoms with Crippen molar-refractivity contribution in [3.05, 3.63) is 83.9 Å². The van der Waals surface area contributed by atoms with Gasteiger partial charge in [0.15, 0.2) is 0 Å². The molecule has 3 aromatic rings. The third kappa shape index (κ3) is 6.74. The van der Waals surface area contributed by atoms with Gasteiger partial charge >= 0.3 is 18.4 Å². The number of rotatable bonds is 7. The number of carbonyl (C=O) groups excluding carboxylic acids is 1. The monoisotopic (exact) mass is 470 g/mol. The lowest BCUT2D eigenvalue weighted by Crippen LogP contribution is -2.36. The van der Waals surface area contributed by atoms with E-state index >= 15 is 0 Å². The quantitative estimate of drug-likeness (QED) is 0.428. The molecule has 2 amide bonds. The summed E-state index contributed by atoms with van der Waals surface area (Å²) in [4.78, 5) is 18.0. The van der Waals surface area contributed by atoms with Crippen molar-refractivity contribution in [2.24, 2.45) is 0 Å². The van der Waals surface area contributed by atoms with E-state index in [2.05, 4.69) is 10.3 Å². The van der Waals surface area contributed by atoms with Crippen molar-refractivity contribution in [2.75, 3.05) is 11.9 Å². The van der Waals surface area contributed by atoms with Crippen LogP contribution in [-0.2, 0) is 25.4 Å². The van der Waals surface area contributed by atoms with Gasteiger partial charge in [0.05, 0.1) is 23.1 Å². The van der Waals surface area contributed by atoms with Crippen LogP contribution in [0.15, 0.2) is 67.3 Å². The number of hydrogen-bond donors (Lipinski definition) is 1. The highest BCUT2D eigenvalue weighted by atomic mass is 19.4. The summed E-state index contributed by atoms with van der Waals surface area (Å²) in [5.74, 6) is 0. The zero-order chi connectivity index (χ0) is 24.1. The summed E-state index contributed by atoms with van der Waals surface area (Å²) in [6, 6.07) is 8.06. The molecule has 0 saturated carbocycles. The number of alkyl halides is 6. The number of hydrogen-bond acceptors (Lipinski definition) is 2. The molecular formula is C22H20F6N4O. The molecule has 0 saturated heterocycles. The predicted octanol–water partition coefficient (Wildman–Crippen LogP) is 6.05. The van der Waals surface area contributed by atoms with Gasteiger partial charge in [-0.2, -0.15) is 26.3 Å². The number of anilines is 1. The topological polar surface area (TPSA) is 50.2 Å². The Morgan fingerprint density at radius 2 is 1.67 bits per heavy atom. The van der Waals surface area contributed by atoms with Gasteiger partial charge in [-0.25, -0.2) is 9.78 Å². The van der Waals surface area contributed by atoms with E-state index in [1.54, 1.807) is 23.3 Å². The summed E-state index contributed by atoms with van der Waals surface area (Å²) in [5.41, 5.74) is -1.82. The largest absolute Gasteiger partial charge is 0.418 e. The van der Waals surface area contributed by atoms with Crippen LogP contribution in [0.2, 0.25) is 0 Å². The third-order valence-corrected chi connectivity index (χ3v) is 4.82. The van der Waals surface area contributed by atoms with E-state index in [-0.39, 0.29) is 13.1 Å². The minimum Gasteiger partial charge on any atom is -0.337 e. The molecular weight excluding hydrogens is 450 g/mol. The number of aromatic nitrogens is 2. The number of aryl methyl sites for hydroxylation is 1. The third-order valence-electron chi connectivity index (χ3n) is 4.82. The van der Waals surface area contributed by atoms with Gasteiger partial charge in [-0.15, -0.1) is 0 Å². The van der Waals surface area contributed by atoms with Crippen LogP contribution in [-0.4, -0.2) is 27.0 Å². The van der Waals surface area contributed by atoms with Gasteiger partial charge in [-0.05, 0) is 36.2 Å². The van der Waals surface area contributed by atoms with E-state index in [4.69, 9.17) is 0 Å². The van der Waals surface area contributed by atoms with E-state index < -0.39 is 35.2 Å². The Balaban J connectivity index is 1.76. The lowest BCUT2D eigenvalue weighted by atomic mass is 10.1. The first kappa shape index (κ1) is 24.1. The van der Waals surface area contributed by atoms with E-state index in [1.165, 1.54) is 29.2 Å². The van der Waals surface area contributed by atoms with Crippen molar-refractivity contribution in [3.63, 3.8) is 0 Å². The van der Waals surface area contributed by atoms with Gasteiger partial charge in [-0.3, -0.25) is 0 Å². The summed E-state index contributed by atoms with van der Waals surface area (Å²) < 4.78 is 80.0. The summed E-state index contributed by atoms with van der Waals surface area (Å²) in [5, 5.41) is 2.28. The van der Waals surface area contributed by atoms with Gasteiger partial charge in [0.1, 0.15) is 0 Å². The molecule has 0 bridgehead atoms. The Morgan fingerprint density at radius 3 is 2.27 bits per heavy atom. The zero-order valence-electron chi connectivity index (χ0n) is 17.2. The van der Waals surface area contributed by atoms with Crippen LogP contribution in [0.5, 0.6) is 0 Å². The molecule has 1 N–H and O–H groups in total. The fraction of sp³-hybridized carbons (Fsp3) is 0.273. The molecule has 0 aliphatic heterocycles. The van der Waals surface area contributed by atoms with Gasteiger partial charge in [0, 0.05) is 32.0 Å². The molecule has 0 aliphatic carbocycles. The van der Waals surface area contributed by atoms with Gasteiger partial charge in [0.2, 0.25) is 0 Å². The normalized spacial score (nSPS) is 11.9.